The van der Waals surface area contributed by atoms with E-state index in [1.165, 1.54) is 18.2 Å². The molecule has 1 amide bonds. The van der Waals surface area contributed by atoms with Crippen LogP contribution < -0.4 is 16.1 Å². The van der Waals surface area contributed by atoms with Crippen molar-refractivity contribution in [3.63, 3.8) is 0 Å². The molecule has 0 spiro atoms. The maximum absolute atomic E-state index is 13.7. The predicted octanol–water partition coefficient (Wildman–Crippen LogP) is 3.14. The van der Waals surface area contributed by atoms with Crippen LogP contribution >= 0.6 is 0 Å². The first-order valence-corrected chi connectivity index (χ1v) is 12.9. The molecule has 0 bridgehead atoms. The molecule has 0 saturated carbocycles. The van der Waals surface area contributed by atoms with E-state index in [1.807, 2.05) is 20.2 Å². The summed E-state index contributed by atoms with van der Waals surface area (Å²) in [5.41, 5.74) is 11.1. The molecule has 0 aromatic carbocycles. The number of fused-ring (bicyclic) bond motifs is 1. The van der Waals surface area contributed by atoms with Crippen LogP contribution in [0.3, 0.4) is 0 Å². The van der Waals surface area contributed by atoms with Crippen LogP contribution in [0.15, 0.2) is 33.4 Å². The summed E-state index contributed by atoms with van der Waals surface area (Å²) >= 11 is 0. The third-order valence-electron chi connectivity index (χ3n) is 6.71. The minimum Gasteiger partial charge on any atom is -0.449 e. The molecule has 1 saturated heterocycles. The minimum absolute atomic E-state index is 0.0660. The molecule has 1 fully saturated rings. The average Bonchev–Trinajstić information content (AvgIpc) is 3.54. The summed E-state index contributed by atoms with van der Waals surface area (Å²) in [5.74, 6) is -0.718. The first kappa shape index (κ1) is 27.8. The van der Waals surface area contributed by atoms with Crippen molar-refractivity contribution in [2.45, 2.75) is 45.3 Å². The number of hydrogen-bond acceptors (Lipinski definition) is 11. The highest BCUT2D eigenvalue weighted by Gasteiger charge is 2.38. The van der Waals surface area contributed by atoms with Crippen molar-refractivity contribution >= 4 is 40.5 Å². The zero-order valence-corrected chi connectivity index (χ0v) is 22.6. The number of nitrogens with one attached hydrogen (secondary N) is 1. The Kier molecular flexibility index (Phi) is 8.63. The van der Waals surface area contributed by atoms with Crippen LogP contribution in [-0.2, 0) is 9.47 Å². The van der Waals surface area contributed by atoms with Gasteiger partial charge < -0.3 is 24.6 Å². The van der Waals surface area contributed by atoms with Gasteiger partial charge in [0.05, 0.1) is 29.5 Å². The summed E-state index contributed by atoms with van der Waals surface area (Å²) in [7, 11) is 3.35. The number of carbonyl (C=O) groups is 2. The van der Waals surface area contributed by atoms with Crippen molar-refractivity contribution in [1.82, 2.24) is 15.4 Å². The maximum atomic E-state index is 13.7. The van der Waals surface area contributed by atoms with E-state index >= 15 is 0 Å². The number of nitrogens with two attached hydrogens (primary N) is 1. The highest BCUT2D eigenvalue weighted by molar-refractivity contribution is 6.24. The van der Waals surface area contributed by atoms with Crippen LogP contribution in [0.4, 0.5) is 10.5 Å². The number of pyridine rings is 1. The molecule has 4 rings (SSSR count). The fraction of sp³-hybridized carbons (Fsp3) is 0.444. The van der Waals surface area contributed by atoms with Gasteiger partial charge >= 0.3 is 6.09 Å². The largest absolute Gasteiger partial charge is 0.449 e. The molecule has 0 radical (unpaired) electrons. The van der Waals surface area contributed by atoms with E-state index in [9.17, 15) is 14.9 Å². The quantitative estimate of drug-likeness (QED) is 0.292. The number of allylic oxidation sites excluding steroid dienone is 1. The van der Waals surface area contributed by atoms with Gasteiger partial charge in [0.1, 0.15) is 17.3 Å². The van der Waals surface area contributed by atoms with Crippen molar-refractivity contribution in [3.05, 3.63) is 41.1 Å². The van der Waals surface area contributed by atoms with Gasteiger partial charge in [-0.3, -0.25) is 14.7 Å². The third kappa shape index (κ3) is 5.50. The molecular weight excluding hydrogens is 502 g/mol. The Morgan fingerprint density at radius 2 is 2.23 bits per heavy atom. The minimum atomic E-state index is -0.632. The number of hydrogen-bond donors (Lipinski definition) is 2. The summed E-state index contributed by atoms with van der Waals surface area (Å²) < 4.78 is 17.4. The summed E-state index contributed by atoms with van der Waals surface area (Å²) in [6, 6.07) is 3.36. The predicted molar refractivity (Wildman–Crippen MR) is 146 cm³/mol. The van der Waals surface area contributed by atoms with Crippen LogP contribution in [0, 0.1) is 11.3 Å². The molecule has 39 heavy (non-hydrogen) atoms. The molecule has 2 aliphatic rings. The Bertz CT molecular complexity index is 1390. The van der Waals surface area contributed by atoms with Gasteiger partial charge in [-0.2, -0.15) is 5.26 Å². The van der Waals surface area contributed by atoms with E-state index in [4.69, 9.17) is 24.6 Å². The lowest BCUT2D eigenvalue weighted by Crippen LogP contribution is -2.46. The van der Waals surface area contributed by atoms with E-state index in [0.29, 0.717) is 31.7 Å². The first-order valence-electron chi connectivity index (χ1n) is 12.9. The number of Topliss-reactive ketones (excluding diaryl/α,β-unsaturated/α-hetero) is 1. The lowest BCUT2D eigenvalue weighted by atomic mass is 9.98. The Morgan fingerprint density at radius 3 is 2.85 bits per heavy atom. The SMILES string of the molecule is CCOC(=O)N(c1c(C(=O)C(C=NC)=CN)oc2cc(C#N)c(C3=CN(C)NC3)nc12)[C@H]1CCO[C@@H](CC)C1. The van der Waals surface area contributed by atoms with E-state index in [1.54, 1.807) is 18.0 Å². The number of anilines is 1. The second kappa shape index (κ2) is 12.1. The van der Waals surface area contributed by atoms with Gasteiger partial charge in [0, 0.05) is 63.5 Å². The summed E-state index contributed by atoms with van der Waals surface area (Å²) in [4.78, 5) is 37.5. The highest BCUT2D eigenvalue weighted by atomic mass is 16.6. The van der Waals surface area contributed by atoms with E-state index in [2.05, 4.69) is 16.5 Å². The van der Waals surface area contributed by atoms with E-state index in [0.717, 1.165) is 18.2 Å². The number of aliphatic imine (C=N–C) groups is 1. The average molecular weight is 536 g/mol. The van der Waals surface area contributed by atoms with Gasteiger partial charge in [0.25, 0.3) is 0 Å². The molecule has 0 aliphatic carbocycles. The summed E-state index contributed by atoms with van der Waals surface area (Å²) in [5, 5.41) is 11.7. The number of hydrazine groups is 1. The molecule has 3 N–H and O–H groups in total. The van der Waals surface area contributed by atoms with Crippen LogP contribution in [0.5, 0.6) is 0 Å². The second-order valence-electron chi connectivity index (χ2n) is 9.21. The third-order valence-corrected chi connectivity index (χ3v) is 6.71. The molecule has 2 atom stereocenters. The summed E-state index contributed by atoms with van der Waals surface area (Å²) in [6.07, 6.45) is 5.41. The number of nitriles is 1. The zero-order valence-electron chi connectivity index (χ0n) is 22.6. The van der Waals surface area contributed by atoms with Crippen LogP contribution in [-0.4, -0.2) is 74.1 Å². The normalized spacial score (nSPS) is 19.8. The van der Waals surface area contributed by atoms with Gasteiger partial charge in [-0.05, 0) is 26.2 Å². The zero-order chi connectivity index (χ0) is 28.1. The highest BCUT2D eigenvalue weighted by Crippen LogP contribution is 2.39. The smallest absolute Gasteiger partial charge is 0.414 e. The van der Waals surface area contributed by atoms with Gasteiger partial charge in [-0.15, -0.1) is 0 Å². The fourth-order valence-corrected chi connectivity index (χ4v) is 4.84. The standard InChI is InChI=1S/C27H33N7O5/c1-5-20-10-19(7-8-38-20)34(27(36)37-6-2)24-23-21(39-26(24)25(35)17(12-29)13-30-3)9-16(11-28)22(32-23)18-14-31-33(4)15-18/h9,12-13,15,19-20,31H,5-8,10,14,29H2,1-4H3/t19-,20-/m0/s1. The molecule has 206 valence electrons. The number of ether oxygens (including phenoxy) is 2. The molecular formula is C27H33N7O5. The van der Waals surface area contributed by atoms with Gasteiger partial charge in [-0.1, -0.05) is 6.92 Å². The molecule has 12 nitrogen and oxygen atoms in total. The molecule has 2 aromatic heterocycles. The number of nitrogens with zero attached hydrogens (tertiary/aromatic N) is 5. The van der Waals surface area contributed by atoms with Crippen molar-refractivity contribution in [2.24, 2.45) is 10.7 Å². The fourth-order valence-electron chi connectivity index (χ4n) is 4.84. The molecule has 2 aromatic rings. The Labute approximate surface area is 226 Å². The van der Waals surface area contributed by atoms with E-state index in [-0.39, 0.29) is 52.4 Å². The molecule has 12 heteroatoms. The van der Waals surface area contributed by atoms with Crippen molar-refractivity contribution in [1.29, 1.82) is 5.26 Å². The molecule has 0 unspecified atom stereocenters. The maximum Gasteiger partial charge on any atom is 0.414 e. The second-order valence-corrected chi connectivity index (χ2v) is 9.21. The van der Waals surface area contributed by atoms with Crippen molar-refractivity contribution < 1.29 is 23.5 Å². The lowest BCUT2D eigenvalue weighted by Gasteiger charge is -2.36. The monoisotopic (exact) mass is 535 g/mol. The van der Waals surface area contributed by atoms with Crippen molar-refractivity contribution in [2.75, 3.05) is 38.8 Å². The van der Waals surface area contributed by atoms with Gasteiger partial charge in [-0.25, -0.2) is 15.2 Å². The van der Waals surface area contributed by atoms with Crippen LogP contribution in [0.25, 0.3) is 16.7 Å². The number of ketones is 1. The Hall–Kier alpha value is -4.21. The number of furan rings is 1. The lowest BCUT2D eigenvalue weighted by molar-refractivity contribution is 0.00467. The molecule has 2 aliphatic heterocycles. The Morgan fingerprint density at radius 1 is 1.44 bits per heavy atom. The number of rotatable bonds is 8. The van der Waals surface area contributed by atoms with Gasteiger partial charge in [0.2, 0.25) is 11.5 Å². The van der Waals surface area contributed by atoms with Crippen molar-refractivity contribution in [3.8, 4) is 6.07 Å². The van der Waals surface area contributed by atoms with Gasteiger partial charge in [0.15, 0.2) is 5.58 Å². The number of aromatic nitrogens is 1. The summed E-state index contributed by atoms with van der Waals surface area (Å²) in [6.45, 7) is 4.76. The number of amides is 1. The number of carbonyl (C=O) groups excluding carboxylic acids is 2. The Balaban J connectivity index is 2.01. The van der Waals surface area contributed by atoms with Crippen LogP contribution in [0.1, 0.15) is 54.9 Å². The molecule has 4 heterocycles. The van der Waals surface area contributed by atoms with E-state index < -0.39 is 11.9 Å². The topological polar surface area (TPSA) is 159 Å². The first-order chi connectivity index (χ1) is 18.9. The van der Waals surface area contributed by atoms with Crippen LogP contribution in [0.2, 0.25) is 0 Å².